The van der Waals surface area contributed by atoms with Crippen LogP contribution in [0.25, 0.3) is 10.6 Å². The van der Waals surface area contributed by atoms with Gasteiger partial charge in [-0.1, -0.05) is 20.8 Å². The first-order valence-corrected chi connectivity index (χ1v) is 9.26. The van der Waals surface area contributed by atoms with E-state index < -0.39 is 0 Å². The summed E-state index contributed by atoms with van der Waals surface area (Å²) in [5.41, 5.74) is 4.41. The summed E-state index contributed by atoms with van der Waals surface area (Å²) in [6.07, 6.45) is 5.53. The highest BCUT2D eigenvalue weighted by Crippen LogP contribution is 2.35. The van der Waals surface area contributed by atoms with Gasteiger partial charge in [-0.2, -0.15) is 0 Å². The van der Waals surface area contributed by atoms with Crippen LogP contribution in [-0.4, -0.2) is 38.8 Å². The van der Waals surface area contributed by atoms with Gasteiger partial charge >= 0.3 is 0 Å². The molecule has 0 saturated carbocycles. The second kappa shape index (κ2) is 6.59. The van der Waals surface area contributed by atoms with Crippen LogP contribution in [0.3, 0.4) is 0 Å². The largest absolute Gasteiger partial charge is 0.342 e. The first-order valence-electron chi connectivity index (χ1n) is 8.38. The minimum Gasteiger partial charge on any atom is -0.342 e. The number of thiazole rings is 1. The number of hydrogen-bond donors (Lipinski definition) is 0. The maximum absolute atomic E-state index is 12.6. The lowest BCUT2D eigenvalue weighted by molar-refractivity contribution is -0.140. The maximum atomic E-state index is 12.6. The average molecular weight is 344 g/mol. The molecular weight excluding hydrogens is 320 g/mol. The van der Waals surface area contributed by atoms with E-state index in [4.69, 9.17) is 0 Å². The monoisotopic (exact) mass is 344 g/mol. The van der Waals surface area contributed by atoms with E-state index in [9.17, 15) is 4.79 Å². The predicted octanol–water partition coefficient (Wildman–Crippen LogP) is 3.66. The van der Waals surface area contributed by atoms with Crippen LogP contribution < -0.4 is 0 Å². The molecule has 0 radical (unpaired) electrons. The first kappa shape index (κ1) is 17.0. The van der Waals surface area contributed by atoms with Crippen molar-refractivity contribution in [1.82, 2.24) is 19.9 Å². The zero-order chi connectivity index (χ0) is 17.3. The number of carbonyl (C=O) groups excluding carboxylic acids is 1. The molecule has 5 nitrogen and oxygen atoms in total. The molecule has 2 aromatic rings. The molecular formula is C18H24N4OS. The zero-order valence-electron chi connectivity index (χ0n) is 14.7. The number of piperidine rings is 1. The molecule has 6 heteroatoms. The molecule has 0 bridgehead atoms. The molecule has 1 saturated heterocycles. The van der Waals surface area contributed by atoms with Crippen LogP contribution in [0, 0.1) is 12.3 Å². The number of likely N-dealkylation sites (tertiary alicyclic amines) is 1. The number of nitrogens with zero attached hydrogens (tertiary/aromatic N) is 4. The van der Waals surface area contributed by atoms with Gasteiger partial charge in [-0.25, -0.2) is 4.98 Å². The van der Waals surface area contributed by atoms with E-state index in [2.05, 4.69) is 15.0 Å². The minimum absolute atomic E-state index is 0.214. The summed E-state index contributed by atoms with van der Waals surface area (Å²) in [4.78, 5) is 29.3. The minimum atomic E-state index is -0.346. The van der Waals surface area contributed by atoms with Crippen LogP contribution in [0.2, 0.25) is 0 Å². The summed E-state index contributed by atoms with van der Waals surface area (Å²) in [6, 6.07) is 0. The van der Waals surface area contributed by atoms with Crippen molar-refractivity contribution in [2.75, 3.05) is 13.1 Å². The highest BCUT2D eigenvalue weighted by atomic mass is 32.1. The van der Waals surface area contributed by atoms with E-state index in [0.717, 1.165) is 47.9 Å². The quantitative estimate of drug-likeness (QED) is 0.834. The van der Waals surface area contributed by atoms with Crippen molar-refractivity contribution in [2.24, 2.45) is 5.41 Å². The molecule has 0 N–H and O–H groups in total. The number of aromatic nitrogens is 3. The average Bonchev–Trinajstić information content (AvgIpc) is 2.99. The lowest BCUT2D eigenvalue weighted by Crippen LogP contribution is -2.44. The third-order valence-electron chi connectivity index (χ3n) is 4.42. The van der Waals surface area contributed by atoms with Crippen LogP contribution in [0.5, 0.6) is 0 Å². The van der Waals surface area contributed by atoms with Gasteiger partial charge < -0.3 is 4.90 Å². The molecule has 24 heavy (non-hydrogen) atoms. The molecule has 1 amide bonds. The van der Waals surface area contributed by atoms with Crippen molar-refractivity contribution in [2.45, 2.75) is 46.5 Å². The number of carbonyl (C=O) groups is 1. The van der Waals surface area contributed by atoms with Crippen LogP contribution >= 0.6 is 11.3 Å². The highest BCUT2D eigenvalue weighted by molar-refractivity contribution is 7.13. The molecule has 3 rings (SSSR count). The van der Waals surface area contributed by atoms with Gasteiger partial charge in [0.05, 0.1) is 21.8 Å². The number of amides is 1. The van der Waals surface area contributed by atoms with Crippen LogP contribution in [-0.2, 0) is 4.79 Å². The molecule has 1 aliphatic rings. The smallest absolute Gasteiger partial charge is 0.227 e. The van der Waals surface area contributed by atoms with Crippen molar-refractivity contribution in [3.05, 3.63) is 29.3 Å². The van der Waals surface area contributed by atoms with Crippen molar-refractivity contribution in [3.8, 4) is 10.6 Å². The van der Waals surface area contributed by atoms with Gasteiger partial charge in [0.2, 0.25) is 5.91 Å². The molecule has 1 atom stereocenters. The Labute approximate surface area is 147 Å². The normalized spacial score (nSPS) is 18.7. The first-order chi connectivity index (χ1) is 11.4. The summed E-state index contributed by atoms with van der Waals surface area (Å²) < 4.78 is 0. The summed E-state index contributed by atoms with van der Waals surface area (Å²) in [7, 11) is 0. The van der Waals surface area contributed by atoms with Crippen molar-refractivity contribution < 1.29 is 4.79 Å². The van der Waals surface area contributed by atoms with E-state index >= 15 is 0 Å². The summed E-state index contributed by atoms with van der Waals surface area (Å²) in [6.45, 7) is 9.50. The fourth-order valence-corrected chi connectivity index (χ4v) is 4.02. The summed E-state index contributed by atoms with van der Waals surface area (Å²) in [5.74, 6) is 0.446. The van der Waals surface area contributed by atoms with E-state index in [0.29, 0.717) is 0 Å². The van der Waals surface area contributed by atoms with Gasteiger partial charge in [-0.15, -0.1) is 11.3 Å². The Morgan fingerprint density at radius 1 is 1.25 bits per heavy atom. The van der Waals surface area contributed by atoms with Gasteiger partial charge in [0.1, 0.15) is 5.69 Å². The second-order valence-electron chi connectivity index (χ2n) is 7.40. The second-order valence-corrected chi connectivity index (χ2v) is 8.25. The Bertz CT molecular complexity index is 735. The molecule has 128 valence electrons. The van der Waals surface area contributed by atoms with Gasteiger partial charge in [0.25, 0.3) is 0 Å². The van der Waals surface area contributed by atoms with E-state index in [-0.39, 0.29) is 17.2 Å². The molecule has 3 heterocycles. The van der Waals surface area contributed by atoms with E-state index in [1.807, 2.05) is 38.1 Å². The predicted molar refractivity (Wildman–Crippen MR) is 95.9 cm³/mol. The summed E-state index contributed by atoms with van der Waals surface area (Å²) in [5, 5.41) is 0. The standard InChI is InChI=1S/C18H24N4OS/c1-12-16(24-11-21-12)15-14(19-7-8-20-15)13-6-5-9-22(10-13)17(23)18(2,3)4/h7-8,11,13H,5-6,9-10H2,1-4H3/t13-/m1/s1. The zero-order valence-corrected chi connectivity index (χ0v) is 15.6. The van der Waals surface area contributed by atoms with Crippen LogP contribution in [0.15, 0.2) is 17.9 Å². The lowest BCUT2D eigenvalue weighted by Gasteiger charge is -2.36. The van der Waals surface area contributed by atoms with Gasteiger partial charge in [0, 0.05) is 36.8 Å². The summed E-state index contributed by atoms with van der Waals surface area (Å²) >= 11 is 1.60. The fourth-order valence-electron chi connectivity index (χ4n) is 3.21. The Hall–Kier alpha value is -1.82. The van der Waals surface area contributed by atoms with Crippen molar-refractivity contribution >= 4 is 17.2 Å². The molecule has 0 unspecified atom stereocenters. The molecule has 0 aliphatic carbocycles. The van der Waals surface area contributed by atoms with Crippen molar-refractivity contribution in [1.29, 1.82) is 0 Å². The van der Waals surface area contributed by atoms with Gasteiger partial charge in [0.15, 0.2) is 0 Å². The van der Waals surface area contributed by atoms with Gasteiger partial charge in [-0.05, 0) is 19.8 Å². The molecule has 0 spiro atoms. The SMILES string of the molecule is Cc1ncsc1-c1nccnc1[C@@H]1CCCN(C(=O)C(C)(C)C)C1. The Balaban J connectivity index is 1.90. The third kappa shape index (κ3) is 3.34. The third-order valence-corrected chi connectivity index (χ3v) is 5.36. The molecule has 1 fully saturated rings. The van der Waals surface area contributed by atoms with Crippen LogP contribution in [0.4, 0.5) is 0 Å². The van der Waals surface area contributed by atoms with E-state index in [1.165, 1.54) is 0 Å². The number of hydrogen-bond acceptors (Lipinski definition) is 5. The fraction of sp³-hybridized carbons (Fsp3) is 0.556. The Morgan fingerprint density at radius 2 is 2.00 bits per heavy atom. The Morgan fingerprint density at radius 3 is 2.67 bits per heavy atom. The molecule has 0 aromatic carbocycles. The molecule has 2 aromatic heterocycles. The molecule has 1 aliphatic heterocycles. The number of aryl methyl sites for hydroxylation is 1. The topological polar surface area (TPSA) is 59.0 Å². The highest BCUT2D eigenvalue weighted by Gasteiger charge is 2.33. The van der Waals surface area contributed by atoms with Crippen molar-refractivity contribution in [3.63, 3.8) is 0 Å². The van der Waals surface area contributed by atoms with Gasteiger partial charge in [-0.3, -0.25) is 14.8 Å². The van der Waals surface area contributed by atoms with E-state index in [1.54, 1.807) is 23.7 Å². The Kier molecular flexibility index (Phi) is 4.67. The van der Waals surface area contributed by atoms with Crippen LogP contribution in [0.1, 0.15) is 50.9 Å². The maximum Gasteiger partial charge on any atom is 0.227 e. The number of rotatable bonds is 2. The lowest BCUT2D eigenvalue weighted by atomic mass is 9.89.